The van der Waals surface area contributed by atoms with Gasteiger partial charge in [-0.1, -0.05) is 146 Å². The van der Waals surface area contributed by atoms with Crippen molar-refractivity contribution in [3.63, 3.8) is 0 Å². The van der Waals surface area contributed by atoms with Crippen molar-refractivity contribution >= 4 is 17.9 Å². The van der Waals surface area contributed by atoms with Gasteiger partial charge in [-0.05, 0) is 83.5 Å². The highest BCUT2D eigenvalue weighted by Gasteiger charge is 2.19. The van der Waals surface area contributed by atoms with E-state index in [1.54, 1.807) is 0 Å². The summed E-state index contributed by atoms with van der Waals surface area (Å²) < 4.78 is 16.6. The minimum absolute atomic E-state index is 0.0909. The molecule has 0 aromatic rings. The van der Waals surface area contributed by atoms with Crippen LogP contribution in [0.4, 0.5) is 0 Å². The molecule has 0 aliphatic rings. The first kappa shape index (κ1) is 48.4. The Morgan fingerprint density at radius 2 is 0.804 bits per heavy atom. The van der Waals surface area contributed by atoms with Crippen molar-refractivity contribution in [2.24, 2.45) is 0 Å². The second-order valence-electron chi connectivity index (χ2n) is 13.9. The van der Waals surface area contributed by atoms with Crippen LogP contribution < -0.4 is 0 Å². The van der Waals surface area contributed by atoms with Crippen molar-refractivity contribution in [1.82, 2.24) is 0 Å². The fraction of sp³-hybridized carbons (Fsp3) is 0.756. The van der Waals surface area contributed by atoms with Crippen molar-refractivity contribution in [1.29, 1.82) is 0 Å². The van der Waals surface area contributed by atoms with E-state index in [1.165, 1.54) is 64.2 Å². The Labute approximate surface area is 314 Å². The molecule has 0 saturated carbocycles. The number of hydrogen-bond acceptors (Lipinski definition) is 6. The molecular weight excluding hydrogens is 636 g/mol. The molecule has 0 N–H and O–H groups in total. The zero-order chi connectivity index (χ0) is 37.3. The Balaban J connectivity index is 4.40. The molecule has 6 nitrogen and oxygen atoms in total. The van der Waals surface area contributed by atoms with E-state index in [4.69, 9.17) is 14.2 Å². The summed E-state index contributed by atoms with van der Waals surface area (Å²) in [5, 5.41) is 0. The number of unbranched alkanes of at least 4 members (excludes halogenated alkanes) is 18. The van der Waals surface area contributed by atoms with Crippen LogP contribution >= 0.6 is 0 Å². The quantitative estimate of drug-likeness (QED) is 0.0276. The molecule has 1 atom stereocenters. The molecule has 0 bridgehead atoms. The van der Waals surface area contributed by atoms with Crippen molar-refractivity contribution < 1.29 is 28.6 Å². The lowest BCUT2D eigenvalue weighted by Crippen LogP contribution is -2.30. The second kappa shape index (κ2) is 40.1. The zero-order valence-corrected chi connectivity index (χ0v) is 33.4. The second-order valence-corrected chi connectivity index (χ2v) is 13.9. The lowest BCUT2D eigenvalue weighted by atomic mass is 10.1. The smallest absolute Gasteiger partial charge is 0.306 e. The normalized spacial score (nSPS) is 12.5. The molecule has 6 heteroatoms. The van der Waals surface area contributed by atoms with Gasteiger partial charge in [-0.25, -0.2) is 0 Å². The first-order chi connectivity index (χ1) is 25.0. The largest absolute Gasteiger partial charge is 0.462 e. The van der Waals surface area contributed by atoms with Gasteiger partial charge in [0.2, 0.25) is 0 Å². The number of rotatable bonds is 37. The first-order valence-corrected chi connectivity index (χ1v) is 21.1. The third kappa shape index (κ3) is 38.4. The van der Waals surface area contributed by atoms with Crippen LogP contribution in [0.5, 0.6) is 0 Å². The van der Waals surface area contributed by atoms with Crippen LogP contribution in [0.3, 0.4) is 0 Å². The van der Waals surface area contributed by atoms with Gasteiger partial charge in [0, 0.05) is 19.3 Å². The fourth-order valence-electron chi connectivity index (χ4n) is 5.58. The van der Waals surface area contributed by atoms with E-state index in [0.29, 0.717) is 25.7 Å². The van der Waals surface area contributed by atoms with Gasteiger partial charge >= 0.3 is 17.9 Å². The minimum Gasteiger partial charge on any atom is -0.462 e. The van der Waals surface area contributed by atoms with E-state index in [0.717, 1.165) is 89.9 Å². The summed E-state index contributed by atoms with van der Waals surface area (Å²) >= 11 is 0. The molecule has 51 heavy (non-hydrogen) atoms. The summed E-state index contributed by atoms with van der Waals surface area (Å²) in [5.41, 5.74) is 0. The van der Waals surface area contributed by atoms with Crippen LogP contribution in [0.1, 0.15) is 201 Å². The molecule has 0 saturated heterocycles. The number of carbonyl (C=O) groups is 3. The molecule has 0 aromatic carbocycles. The van der Waals surface area contributed by atoms with Crippen molar-refractivity contribution in [3.05, 3.63) is 48.6 Å². The monoisotopic (exact) mass is 715 g/mol. The summed E-state index contributed by atoms with van der Waals surface area (Å²) in [5.74, 6) is -0.956. The van der Waals surface area contributed by atoms with Gasteiger partial charge in [0.1, 0.15) is 13.2 Å². The summed E-state index contributed by atoms with van der Waals surface area (Å²) in [7, 11) is 0. The molecule has 294 valence electrons. The van der Waals surface area contributed by atoms with Gasteiger partial charge < -0.3 is 14.2 Å². The summed E-state index contributed by atoms with van der Waals surface area (Å²) in [6, 6.07) is 0. The number of ether oxygens (including phenoxy) is 3. The van der Waals surface area contributed by atoms with Gasteiger partial charge in [0.15, 0.2) is 6.10 Å². The van der Waals surface area contributed by atoms with Gasteiger partial charge in [0.25, 0.3) is 0 Å². The lowest BCUT2D eigenvalue weighted by Gasteiger charge is -2.18. The molecule has 0 amide bonds. The molecular formula is C45H78O6. The van der Waals surface area contributed by atoms with Crippen LogP contribution in [0.25, 0.3) is 0 Å². The molecule has 0 aliphatic heterocycles. The number of carbonyl (C=O) groups excluding carboxylic acids is 3. The summed E-state index contributed by atoms with van der Waals surface area (Å²) in [6.07, 6.45) is 45.3. The molecule has 0 heterocycles. The maximum atomic E-state index is 12.6. The average Bonchev–Trinajstić information content (AvgIpc) is 3.12. The standard InChI is InChI=1S/C45H78O6/c1-4-7-10-13-16-19-21-22-23-24-27-29-32-35-38-44(47)50-41-42(40-49-43(46)37-34-31-28-25-18-15-12-9-6-3)51-45(48)39-36-33-30-26-20-17-14-11-8-5-2/h7,10,14,16-17,19,25,28,42H,4-6,8-9,11-13,15,18,20-24,26-27,29-41H2,1-3H3/b10-7-,17-14-,19-16-,28-25-. The zero-order valence-electron chi connectivity index (χ0n) is 33.4. The van der Waals surface area contributed by atoms with E-state index in [1.807, 2.05) is 0 Å². The van der Waals surface area contributed by atoms with Gasteiger partial charge in [-0.2, -0.15) is 0 Å². The topological polar surface area (TPSA) is 78.9 Å². The SMILES string of the molecule is CC/C=C\C/C=C\CCCCCCCCCC(=O)OCC(COC(=O)CCC/C=C\CCCCCC)OC(=O)CCCCCC/C=C\CCCC. The van der Waals surface area contributed by atoms with Crippen molar-refractivity contribution in [3.8, 4) is 0 Å². The Morgan fingerprint density at radius 1 is 0.412 bits per heavy atom. The van der Waals surface area contributed by atoms with Crippen LogP contribution in [0.15, 0.2) is 48.6 Å². The highest BCUT2D eigenvalue weighted by molar-refractivity contribution is 5.71. The van der Waals surface area contributed by atoms with Crippen molar-refractivity contribution in [2.75, 3.05) is 13.2 Å². The van der Waals surface area contributed by atoms with Crippen LogP contribution in [-0.2, 0) is 28.6 Å². The van der Waals surface area contributed by atoms with Gasteiger partial charge in [-0.3, -0.25) is 14.4 Å². The van der Waals surface area contributed by atoms with Gasteiger partial charge in [-0.15, -0.1) is 0 Å². The summed E-state index contributed by atoms with van der Waals surface area (Å²) in [6.45, 7) is 6.39. The lowest BCUT2D eigenvalue weighted by molar-refractivity contribution is -0.167. The van der Waals surface area contributed by atoms with E-state index in [2.05, 4.69) is 69.4 Å². The van der Waals surface area contributed by atoms with E-state index >= 15 is 0 Å². The minimum atomic E-state index is -0.788. The van der Waals surface area contributed by atoms with Crippen LogP contribution in [-0.4, -0.2) is 37.2 Å². The Morgan fingerprint density at radius 3 is 1.33 bits per heavy atom. The molecule has 0 spiro atoms. The first-order valence-electron chi connectivity index (χ1n) is 21.1. The number of allylic oxidation sites excluding steroid dienone is 8. The predicted molar refractivity (Wildman–Crippen MR) is 215 cm³/mol. The van der Waals surface area contributed by atoms with Crippen LogP contribution in [0.2, 0.25) is 0 Å². The van der Waals surface area contributed by atoms with E-state index < -0.39 is 6.10 Å². The van der Waals surface area contributed by atoms with E-state index in [9.17, 15) is 14.4 Å². The van der Waals surface area contributed by atoms with E-state index in [-0.39, 0.29) is 31.1 Å². The maximum absolute atomic E-state index is 12.6. The molecule has 0 aliphatic carbocycles. The number of esters is 3. The molecule has 0 aromatic heterocycles. The van der Waals surface area contributed by atoms with Crippen LogP contribution in [0, 0.1) is 0 Å². The van der Waals surface area contributed by atoms with Crippen molar-refractivity contribution in [2.45, 2.75) is 207 Å². The summed E-state index contributed by atoms with van der Waals surface area (Å²) in [4.78, 5) is 37.5. The Hall–Kier alpha value is -2.63. The Kier molecular flexibility index (Phi) is 38.1. The molecule has 0 rings (SSSR count). The number of hydrogen-bond donors (Lipinski definition) is 0. The third-order valence-corrected chi connectivity index (χ3v) is 8.79. The molecule has 0 fully saturated rings. The highest BCUT2D eigenvalue weighted by atomic mass is 16.6. The maximum Gasteiger partial charge on any atom is 0.306 e. The van der Waals surface area contributed by atoms with Gasteiger partial charge in [0.05, 0.1) is 0 Å². The average molecular weight is 715 g/mol. The molecule has 1 unspecified atom stereocenters. The Bertz CT molecular complexity index is 918. The fourth-order valence-corrected chi connectivity index (χ4v) is 5.58. The highest BCUT2D eigenvalue weighted by Crippen LogP contribution is 2.13. The molecule has 0 radical (unpaired) electrons. The third-order valence-electron chi connectivity index (χ3n) is 8.79. The predicted octanol–water partition coefficient (Wildman–Crippen LogP) is 13.2.